The van der Waals surface area contributed by atoms with Gasteiger partial charge in [0.05, 0.1) is 11.7 Å². The van der Waals surface area contributed by atoms with Crippen molar-refractivity contribution in [3.63, 3.8) is 0 Å². The lowest BCUT2D eigenvalue weighted by molar-refractivity contribution is -0.134. The maximum Gasteiger partial charge on any atom is 0.239 e. The molecule has 3 fully saturated rings. The van der Waals surface area contributed by atoms with Crippen molar-refractivity contribution < 1.29 is 4.79 Å². The first kappa shape index (κ1) is 24.3. The van der Waals surface area contributed by atoms with Crippen molar-refractivity contribution in [2.75, 3.05) is 13.1 Å². The summed E-state index contributed by atoms with van der Waals surface area (Å²) in [4.78, 5) is 26.6. The van der Waals surface area contributed by atoms with E-state index in [-0.39, 0.29) is 6.04 Å². The molecule has 5 atom stereocenters. The monoisotopic (exact) mass is 530 g/mol. The van der Waals surface area contributed by atoms with Gasteiger partial charge in [0.1, 0.15) is 11.2 Å². The van der Waals surface area contributed by atoms with Crippen molar-refractivity contribution in [2.45, 2.75) is 84.7 Å². The molecule has 8 heteroatoms. The van der Waals surface area contributed by atoms with Gasteiger partial charge in [-0.1, -0.05) is 20.8 Å². The molecule has 1 amide bonds. The predicted octanol–water partition coefficient (Wildman–Crippen LogP) is 5.69. The highest BCUT2D eigenvalue weighted by Crippen LogP contribution is 2.53. The molecule has 0 aromatic carbocycles. The van der Waals surface area contributed by atoms with Crippen LogP contribution in [0, 0.1) is 32.6 Å². The fourth-order valence-corrected chi connectivity index (χ4v) is 9.13. The summed E-state index contributed by atoms with van der Waals surface area (Å²) in [5.74, 6) is 2.46. The summed E-state index contributed by atoms with van der Waals surface area (Å²) in [6, 6.07) is 0.426. The lowest BCUT2D eigenvalue weighted by Gasteiger charge is -2.33. The van der Waals surface area contributed by atoms with Crippen LogP contribution >= 0.6 is 11.3 Å². The first-order valence-electron chi connectivity index (χ1n) is 14.2. The standard InChI is InChI=1S/C30H38N6OS/c1-14(2)24-25-18(6)27(21-9-20-8-19(21)11-35(20)30(37)23-7-15(3)10-31-23)38-29(25)34-26(24)22-12-36-28(32-13-33-36)17(5)16(22)4/h12-15,19-21,23,31,34H,7-11H2,1-6H3/t15-,19+,20?,21-,23-/m1/s1. The second-order valence-corrected chi connectivity index (χ2v) is 13.5. The largest absolute Gasteiger partial charge is 0.346 e. The van der Waals surface area contributed by atoms with Crippen molar-refractivity contribution >= 4 is 33.1 Å². The zero-order chi connectivity index (χ0) is 26.5. The number of aromatic nitrogens is 4. The molecule has 38 heavy (non-hydrogen) atoms. The number of likely N-dealkylation sites (tertiary alicyclic amines) is 1. The van der Waals surface area contributed by atoms with Crippen molar-refractivity contribution in [1.29, 1.82) is 0 Å². The van der Waals surface area contributed by atoms with Gasteiger partial charge in [0.15, 0.2) is 5.65 Å². The molecule has 6 heterocycles. The third-order valence-corrected chi connectivity index (χ3v) is 11.1. The molecule has 7 nitrogen and oxygen atoms in total. The number of amides is 1. The van der Waals surface area contributed by atoms with E-state index in [0.29, 0.717) is 35.6 Å². The van der Waals surface area contributed by atoms with Crippen LogP contribution in [0.2, 0.25) is 0 Å². The fraction of sp³-hybridized carbons (Fsp3) is 0.567. The van der Waals surface area contributed by atoms with Gasteiger partial charge in [-0.15, -0.1) is 11.3 Å². The van der Waals surface area contributed by atoms with E-state index in [4.69, 9.17) is 0 Å². The van der Waals surface area contributed by atoms with Crippen molar-refractivity contribution in [3.8, 4) is 11.3 Å². The Balaban J connectivity index is 1.23. The summed E-state index contributed by atoms with van der Waals surface area (Å²) in [6.45, 7) is 15.4. The van der Waals surface area contributed by atoms with Crippen LogP contribution in [0.5, 0.6) is 0 Å². The number of carbonyl (C=O) groups excluding carboxylic acids is 1. The van der Waals surface area contributed by atoms with E-state index in [1.165, 1.54) is 48.6 Å². The van der Waals surface area contributed by atoms with Crippen molar-refractivity contribution in [3.05, 3.63) is 39.7 Å². The van der Waals surface area contributed by atoms with Crippen LogP contribution < -0.4 is 5.32 Å². The molecular formula is C30H38N6OS. The molecule has 1 saturated carbocycles. The minimum Gasteiger partial charge on any atom is -0.346 e. The van der Waals surface area contributed by atoms with Gasteiger partial charge in [-0.3, -0.25) is 4.79 Å². The van der Waals surface area contributed by atoms with Gasteiger partial charge in [-0.25, -0.2) is 9.50 Å². The number of thiophene rings is 1. The second kappa shape index (κ2) is 8.65. The summed E-state index contributed by atoms with van der Waals surface area (Å²) in [5.41, 5.74) is 8.62. The summed E-state index contributed by atoms with van der Waals surface area (Å²) < 4.78 is 1.90. The number of carbonyl (C=O) groups is 1. The molecule has 2 saturated heterocycles. The Morgan fingerprint density at radius 2 is 1.95 bits per heavy atom. The van der Waals surface area contributed by atoms with Gasteiger partial charge >= 0.3 is 0 Å². The minimum atomic E-state index is 0.0280. The Hall–Kier alpha value is -2.71. The molecule has 1 unspecified atom stereocenters. The van der Waals surface area contributed by atoms with Crippen LogP contribution in [0.3, 0.4) is 0 Å². The molecule has 0 radical (unpaired) electrons. The number of nitrogens with one attached hydrogen (secondary N) is 2. The van der Waals surface area contributed by atoms with E-state index in [1.807, 2.05) is 15.9 Å². The summed E-state index contributed by atoms with van der Waals surface area (Å²) in [6.07, 6.45) is 7.00. The molecule has 2 N–H and O–H groups in total. The van der Waals surface area contributed by atoms with E-state index in [9.17, 15) is 4.79 Å². The first-order chi connectivity index (χ1) is 18.2. The summed E-state index contributed by atoms with van der Waals surface area (Å²) >= 11 is 1.95. The molecule has 4 aromatic rings. The van der Waals surface area contributed by atoms with Crippen LogP contribution in [0.4, 0.5) is 0 Å². The molecule has 7 rings (SSSR count). The summed E-state index contributed by atoms with van der Waals surface area (Å²) in [7, 11) is 0. The van der Waals surface area contributed by atoms with Crippen LogP contribution in [0.1, 0.15) is 79.0 Å². The number of fused-ring (bicyclic) bond motifs is 4. The molecule has 2 bridgehead atoms. The number of rotatable bonds is 4. The zero-order valence-electron chi connectivity index (χ0n) is 23.3. The highest BCUT2D eigenvalue weighted by molar-refractivity contribution is 7.19. The number of aryl methyl sites for hydroxylation is 2. The maximum atomic E-state index is 13.3. The third kappa shape index (κ3) is 3.45. The quantitative estimate of drug-likeness (QED) is 0.355. The van der Waals surface area contributed by atoms with Crippen molar-refractivity contribution in [1.82, 2.24) is 29.8 Å². The van der Waals surface area contributed by atoms with Crippen LogP contribution in [-0.2, 0) is 4.79 Å². The Morgan fingerprint density at radius 3 is 2.63 bits per heavy atom. The average molecular weight is 531 g/mol. The highest BCUT2D eigenvalue weighted by Gasteiger charge is 2.49. The highest BCUT2D eigenvalue weighted by atomic mass is 32.1. The van der Waals surface area contributed by atoms with E-state index in [1.54, 1.807) is 6.33 Å². The molecule has 1 aliphatic carbocycles. The molecule has 2 aliphatic heterocycles. The van der Waals surface area contributed by atoms with Gasteiger partial charge in [-0.05, 0) is 86.6 Å². The number of piperidine rings is 1. The zero-order valence-corrected chi connectivity index (χ0v) is 24.1. The van der Waals surface area contributed by atoms with Gasteiger partial charge in [0, 0.05) is 40.5 Å². The Kier molecular flexibility index (Phi) is 5.54. The number of hydrogen-bond acceptors (Lipinski definition) is 5. The van der Waals surface area contributed by atoms with Crippen LogP contribution in [0.15, 0.2) is 12.5 Å². The van der Waals surface area contributed by atoms with E-state index >= 15 is 0 Å². The average Bonchev–Trinajstić information content (AvgIpc) is 3.71. The number of H-pyrrole nitrogens is 1. The first-order valence-corrected chi connectivity index (χ1v) is 15.0. The normalized spacial score (nSPS) is 27.1. The van der Waals surface area contributed by atoms with E-state index in [2.05, 4.69) is 73.0 Å². The molecule has 200 valence electrons. The summed E-state index contributed by atoms with van der Waals surface area (Å²) in [5, 5.41) is 9.30. The second-order valence-electron chi connectivity index (χ2n) is 12.5. The number of nitrogens with zero attached hydrogens (tertiary/aromatic N) is 4. The molecule has 3 aliphatic rings. The predicted molar refractivity (Wildman–Crippen MR) is 153 cm³/mol. The third-order valence-electron chi connectivity index (χ3n) is 9.74. The minimum absolute atomic E-state index is 0.0280. The number of hydrogen-bond donors (Lipinski definition) is 2. The molecular weight excluding hydrogens is 492 g/mol. The van der Waals surface area contributed by atoms with Gasteiger partial charge < -0.3 is 15.2 Å². The Morgan fingerprint density at radius 1 is 1.13 bits per heavy atom. The van der Waals surface area contributed by atoms with E-state index in [0.717, 1.165) is 38.0 Å². The van der Waals surface area contributed by atoms with Gasteiger partial charge in [0.2, 0.25) is 5.91 Å². The number of pyridine rings is 1. The van der Waals surface area contributed by atoms with Gasteiger partial charge in [-0.2, -0.15) is 5.10 Å². The van der Waals surface area contributed by atoms with Crippen LogP contribution in [-0.4, -0.2) is 55.6 Å². The maximum absolute atomic E-state index is 13.3. The molecule has 4 aromatic heterocycles. The van der Waals surface area contributed by atoms with Crippen LogP contribution in [0.25, 0.3) is 27.1 Å². The van der Waals surface area contributed by atoms with E-state index < -0.39 is 0 Å². The van der Waals surface area contributed by atoms with Crippen molar-refractivity contribution in [2.24, 2.45) is 11.8 Å². The fourth-order valence-electron chi connectivity index (χ4n) is 7.69. The Labute approximate surface area is 228 Å². The van der Waals surface area contributed by atoms with Gasteiger partial charge in [0.25, 0.3) is 0 Å². The topological polar surface area (TPSA) is 78.3 Å². The molecule has 0 spiro atoms. The lowest BCUT2D eigenvalue weighted by atomic mass is 9.88. The smallest absolute Gasteiger partial charge is 0.239 e. The number of aromatic amines is 1. The Bertz CT molecular complexity index is 1580. The SMILES string of the molecule is Cc1c(-c2[nH]c3sc([C@@H]4CC5C[C@H]4CN5C(=O)[C@H]4C[C@@H](C)CN4)c(C)c3c2C(C)C)cn2ncnc2c1C. The lowest BCUT2D eigenvalue weighted by Crippen LogP contribution is -2.47.